The largest absolute Gasteiger partial charge is 0.275 e. The van der Waals surface area contributed by atoms with Crippen LogP contribution in [-0.2, 0) is 0 Å². The molecule has 2 amide bonds. The third-order valence-electron chi connectivity index (χ3n) is 3.22. The molecule has 0 radical (unpaired) electrons. The zero-order chi connectivity index (χ0) is 16.9. The zero-order valence-electron chi connectivity index (χ0n) is 13.7. The van der Waals surface area contributed by atoms with Crippen molar-refractivity contribution in [1.29, 1.82) is 0 Å². The van der Waals surface area contributed by atoms with Gasteiger partial charge in [-0.25, -0.2) is 10.4 Å². The Morgan fingerprint density at radius 1 is 0.826 bits per heavy atom. The maximum Gasteiger partial charge on any atom is 0.275 e. The van der Waals surface area contributed by atoms with Crippen molar-refractivity contribution >= 4 is 11.8 Å². The van der Waals surface area contributed by atoms with E-state index in [1.807, 2.05) is 32.9 Å². The van der Waals surface area contributed by atoms with Crippen LogP contribution in [0.5, 0.6) is 0 Å². The number of hydrogen-bond donors (Lipinski definition) is 1. The van der Waals surface area contributed by atoms with Crippen molar-refractivity contribution < 1.29 is 9.59 Å². The minimum absolute atomic E-state index is 0.0633. The molecule has 0 spiro atoms. The van der Waals surface area contributed by atoms with Crippen molar-refractivity contribution in [3.63, 3.8) is 0 Å². The van der Waals surface area contributed by atoms with E-state index < -0.39 is 0 Å². The van der Waals surface area contributed by atoms with Crippen LogP contribution in [0.4, 0.5) is 0 Å². The van der Waals surface area contributed by atoms with Gasteiger partial charge in [0.15, 0.2) is 0 Å². The van der Waals surface area contributed by atoms with Gasteiger partial charge in [-0.1, -0.05) is 57.2 Å². The second-order valence-electron chi connectivity index (χ2n) is 6.57. The molecule has 1 N–H and O–H groups in total. The summed E-state index contributed by atoms with van der Waals surface area (Å²) in [4.78, 5) is 25.4. The lowest BCUT2D eigenvalue weighted by molar-refractivity contribution is 0.0504. The lowest BCUT2D eigenvalue weighted by atomic mass is 9.97. The molecule has 4 nitrogen and oxygen atoms in total. The van der Waals surface area contributed by atoms with E-state index >= 15 is 0 Å². The number of carbonyl (C=O) groups excluding carboxylic acids is 2. The topological polar surface area (TPSA) is 49.4 Å². The van der Waals surface area contributed by atoms with Crippen molar-refractivity contribution in [3.05, 3.63) is 71.8 Å². The van der Waals surface area contributed by atoms with Crippen molar-refractivity contribution in [3.8, 4) is 0 Å². The fourth-order valence-electron chi connectivity index (χ4n) is 1.97. The number of nitrogens with one attached hydrogen (secondary N) is 1. The average Bonchev–Trinajstić information content (AvgIpc) is 2.55. The van der Waals surface area contributed by atoms with Gasteiger partial charge in [0.25, 0.3) is 11.8 Å². The second-order valence-corrected chi connectivity index (χ2v) is 6.57. The van der Waals surface area contributed by atoms with E-state index in [0.717, 1.165) is 5.01 Å². The number of amides is 2. The Morgan fingerprint density at radius 3 is 1.57 bits per heavy atom. The molecule has 0 fully saturated rings. The summed E-state index contributed by atoms with van der Waals surface area (Å²) in [6, 6.07) is 17.6. The summed E-state index contributed by atoms with van der Waals surface area (Å²) in [5.74, 6) is -0.715. The third-order valence-corrected chi connectivity index (χ3v) is 3.22. The fourth-order valence-corrected chi connectivity index (χ4v) is 1.97. The van der Waals surface area contributed by atoms with Gasteiger partial charge in [0.1, 0.15) is 0 Å². The van der Waals surface area contributed by atoms with Gasteiger partial charge < -0.3 is 0 Å². The summed E-state index contributed by atoms with van der Waals surface area (Å²) in [6.45, 7) is 6.62. The molecule has 0 aliphatic carbocycles. The number of hydrogen-bond acceptors (Lipinski definition) is 3. The maximum atomic E-state index is 12.7. The summed E-state index contributed by atoms with van der Waals surface area (Å²) in [5, 5.41) is 1.11. The summed E-state index contributed by atoms with van der Waals surface area (Å²) < 4.78 is 0. The third kappa shape index (κ3) is 4.76. The number of rotatable bonds is 4. The first-order valence-corrected chi connectivity index (χ1v) is 7.61. The highest BCUT2D eigenvalue weighted by Crippen LogP contribution is 2.13. The van der Waals surface area contributed by atoms with Gasteiger partial charge >= 0.3 is 0 Å². The molecular weight excluding hydrogens is 288 g/mol. The molecule has 0 aliphatic heterocycles. The van der Waals surface area contributed by atoms with Crippen LogP contribution in [0.1, 0.15) is 41.5 Å². The standard InChI is InChI=1S/C19H22N2O2/c1-19(2,3)14-20-21(17(22)15-10-6-4-7-11-15)18(23)16-12-8-5-9-13-16/h4-13,20H,14H2,1-3H3. The van der Waals surface area contributed by atoms with Crippen molar-refractivity contribution in [2.24, 2.45) is 5.41 Å². The van der Waals surface area contributed by atoms with Crippen molar-refractivity contribution in [1.82, 2.24) is 10.4 Å². The van der Waals surface area contributed by atoms with Gasteiger partial charge in [0, 0.05) is 17.7 Å². The Bertz CT molecular complexity index is 609. The van der Waals surface area contributed by atoms with E-state index in [9.17, 15) is 9.59 Å². The predicted octanol–water partition coefficient (Wildman–Crippen LogP) is 3.52. The minimum atomic E-state index is -0.358. The Kier molecular flexibility index (Phi) is 5.29. The smallest absolute Gasteiger partial charge is 0.267 e. The van der Waals surface area contributed by atoms with E-state index in [-0.39, 0.29) is 17.2 Å². The molecule has 4 heteroatoms. The van der Waals surface area contributed by atoms with E-state index in [1.54, 1.807) is 48.5 Å². The maximum absolute atomic E-state index is 12.7. The molecule has 2 aromatic carbocycles. The average molecular weight is 310 g/mol. The molecule has 23 heavy (non-hydrogen) atoms. The lowest BCUT2D eigenvalue weighted by Gasteiger charge is -2.26. The van der Waals surface area contributed by atoms with Crippen LogP contribution < -0.4 is 5.43 Å². The van der Waals surface area contributed by atoms with E-state index in [0.29, 0.717) is 17.7 Å². The Hall–Kier alpha value is -2.46. The highest BCUT2D eigenvalue weighted by Gasteiger charge is 2.25. The molecule has 0 bridgehead atoms. The Balaban J connectivity index is 2.28. The van der Waals surface area contributed by atoms with Crippen LogP contribution in [-0.4, -0.2) is 23.4 Å². The number of imide groups is 1. The summed E-state index contributed by atoms with van der Waals surface area (Å²) in [6.07, 6.45) is 0. The molecule has 0 unspecified atom stereocenters. The summed E-state index contributed by atoms with van der Waals surface area (Å²) in [5.41, 5.74) is 3.87. The van der Waals surface area contributed by atoms with Crippen molar-refractivity contribution in [2.75, 3.05) is 6.54 Å². The van der Waals surface area contributed by atoms with Crippen LogP contribution >= 0.6 is 0 Å². The molecule has 0 saturated carbocycles. The van der Waals surface area contributed by atoms with E-state index in [2.05, 4.69) is 5.43 Å². The summed E-state index contributed by atoms with van der Waals surface area (Å²) in [7, 11) is 0. The quantitative estimate of drug-likeness (QED) is 0.694. The Morgan fingerprint density at radius 2 is 1.22 bits per heavy atom. The minimum Gasteiger partial charge on any atom is -0.267 e. The molecular formula is C19H22N2O2. The Labute approximate surface area is 137 Å². The van der Waals surface area contributed by atoms with E-state index in [4.69, 9.17) is 0 Å². The van der Waals surface area contributed by atoms with Crippen molar-refractivity contribution in [2.45, 2.75) is 20.8 Å². The van der Waals surface area contributed by atoms with E-state index in [1.165, 1.54) is 0 Å². The van der Waals surface area contributed by atoms with Gasteiger partial charge in [-0.3, -0.25) is 9.59 Å². The van der Waals surface area contributed by atoms with Gasteiger partial charge in [0.2, 0.25) is 0 Å². The predicted molar refractivity (Wildman–Crippen MR) is 90.8 cm³/mol. The van der Waals surface area contributed by atoms with Crippen LogP contribution in [0.2, 0.25) is 0 Å². The SMILES string of the molecule is CC(C)(C)CNN(C(=O)c1ccccc1)C(=O)c1ccccc1. The van der Waals surface area contributed by atoms with Gasteiger partial charge in [-0.15, -0.1) is 0 Å². The number of nitrogens with zero attached hydrogens (tertiary/aromatic N) is 1. The molecule has 0 aliphatic rings. The fraction of sp³-hybridized carbons (Fsp3) is 0.263. The van der Waals surface area contributed by atoms with Crippen LogP contribution in [0.25, 0.3) is 0 Å². The number of benzene rings is 2. The first-order chi connectivity index (χ1) is 10.9. The monoisotopic (exact) mass is 310 g/mol. The van der Waals surface area contributed by atoms with Gasteiger partial charge in [-0.2, -0.15) is 0 Å². The molecule has 0 atom stereocenters. The molecule has 0 saturated heterocycles. The molecule has 120 valence electrons. The highest BCUT2D eigenvalue weighted by atomic mass is 16.2. The zero-order valence-corrected chi connectivity index (χ0v) is 13.7. The lowest BCUT2D eigenvalue weighted by Crippen LogP contribution is -2.49. The highest BCUT2D eigenvalue weighted by molar-refractivity contribution is 6.09. The molecule has 0 heterocycles. The van der Waals surface area contributed by atoms with Gasteiger partial charge in [-0.05, 0) is 29.7 Å². The second kappa shape index (κ2) is 7.20. The molecule has 2 aromatic rings. The molecule has 0 aromatic heterocycles. The summed E-state index contributed by atoms with van der Waals surface area (Å²) >= 11 is 0. The first kappa shape index (κ1) is 16.9. The first-order valence-electron chi connectivity index (χ1n) is 7.61. The normalized spacial score (nSPS) is 11.1. The van der Waals surface area contributed by atoms with Gasteiger partial charge in [0.05, 0.1) is 0 Å². The van der Waals surface area contributed by atoms with Crippen LogP contribution in [0.15, 0.2) is 60.7 Å². The molecule has 2 rings (SSSR count). The number of hydrazine groups is 1. The number of carbonyl (C=O) groups is 2. The van der Waals surface area contributed by atoms with Crippen LogP contribution in [0, 0.1) is 5.41 Å². The van der Waals surface area contributed by atoms with Crippen LogP contribution in [0.3, 0.4) is 0 Å².